The zero-order valence-electron chi connectivity index (χ0n) is 10.9. The molecule has 0 aliphatic rings. The van der Waals surface area contributed by atoms with Gasteiger partial charge in [0.05, 0.1) is 13.2 Å². The summed E-state index contributed by atoms with van der Waals surface area (Å²) in [5.74, 6) is 2.48. The lowest BCUT2D eigenvalue weighted by Gasteiger charge is -2.12. The van der Waals surface area contributed by atoms with E-state index in [1.807, 2.05) is 26.0 Å². The Hall–Kier alpha value is -1.34. The van der Waals surface area contributed by atoms with Crippen LogP contribution in [0.1, 0.15) is 25.8 Å². The van der Waals surface area contributed by atoms with Crippen LogP contribution in [0.2, 0.25) is 0 Å². The van der Waals surface area contributed by atoms with Crippen LogP contribution in [-0.4, -0.2) is 19.0 Å². The molecule has 3 nitrogen and oxygen atoms in total. The van der Waals surface area contributed by atoms with Gasteiger partial charge in [-0.3, -0.25) is 0 Å². The highest BCUT2D eigenvalue weighted by atomic mass is 32.2. The average molecular weight is 265 g/mol. The molecule has 0 atom stereocenters. The number of nitriles is 1. The van der Waals surface area contributed by atoms with Crippen molar-refractivity contribution in [2.45, 2.75) is 26.7 Å². The van der Waals surface area contributed by atoms with E-state index in [1.165, 1.54) is 17.3 Å². The van der Waals surface area contributed by atoms with E-state index in [4.69, 9.17) is 14.7 Å². The topological polar surface area (TPSA) is 42.2 Å². The quantitative estimate of drug-likeness (QED) is 0.531. The fourth-order valence-corrected chi connectivity index (χ4v) is 2.03. The summed E-state index contributed by atoms with van der Waals surface area (Å²) in [4.78, 5) is 0. The van der Waals surface area contributed by atoms with E-state index in [0.29, 0.717) is 13.2 Å². The van der Waals surface area contributed by atoms with Gasteiger partial charge in [-0.2, -0.15) is 5.26 Å². The number of thiocyanates is 1. The first kappa shape index (κ1) is 14.7. The lowest BCUT2D eigenvalue weighted by molar-refractivity contribution is 0.287. The van der Waals surface area contributed by atoms with Crippen molar-refractivity contribution in [2.75, 3.05) is 19.0 Å². The van der Waals surface area contributed by atoms with E-state index in [-0.39, 0.29) is 0 Å². The molecule has 0 aliphatic carbocycles. The van der Waals surface area contributed by atoms with Crippen LogP contribution in [0.15, 0.2) is 18.2 Å². The molecule has 0 spiro atoms. The van der Waals surface area contributed by atoms with Gasteiger partial charge in [-0.1, -0.05) is 6.07 Å². The lowest BCUT2D eigenvalue weighted by atomic mass is 10.1. The van der Waals surface area contributed by atoms with Crippen LogP contribution in [0.5, 0.6) is 11.5 Å². The van der Waals surface area contributed by atoms with Gasteiger partial charge >= 0.3 is 0 Å². The van der Waals surface area contributed by atoms with Gasteiger partial charge in [0.25, 0.3) is 0 Å². The van der Waals surface area contributed by atoms with Gasteiger partial charge in [-0.25, -0.2) is 0 Å². The molecule has 18 heavy (non-hydrogen) atoms. The van der Waals surface area contributed by atoms with Crippen LogP contribution < -0.4 is 9.47 Å². The molecule has 0 aromatic heterocycles. The van der Waals surface area contributed by atoms with Gasteiger partial charge in [-0.05, 0) is 56.1 Å². The number of thioether (sulfide) groups is 1. The highest BCUT2D eigenvalue weighted by Gasteiger charge is 2.05. The van der Waals surface area contributed by atoms with Crippen LogP contribution in [-0.2, 0) is 6.42 Å². The molecule has 98 valence electrons. The molecule has 0 N–H and O–H groups in total. The van der Waals surface area contributed by atoms with E-state index in [0.717, 1.165) is 30.1 Å². The minimum Gasteiger partial charge on any atom is -0.490 e. The van der Waals surface area contributed by atoms with Crippen molar-refractivity contribution < 1.29 is 9.47 Å². The maximum atomic E-state index is 8.45. The smallest absolute Gasteiger partial charge is 0.161 e. The fraction of sp³-hybridized carbons (Fsp3) is 0.500. The summed E-state index contributed by atoms with van der Waals surface area (Å²) in [5.41, 5.74) is 1.22. The first-order chi connectivity index (χ1) is 8.81. The van der Waals surface area contributed by atoms with E-state index in [1.54, 1.807) is 0 Å². The molecule has 1 rings (SSSR count). The van der Waals surface area contributed by atoms with Gasteiger partial charge in [0.2, 0.25) is 0 Å². The van der Waals surface area contributed by atoms with E-state index in [9.17, 15) is 0 Å². The molecule has 0 saturated carbocycles. The zero-order chi connectivity index (χ0) is 13.2. The minimum absolute atomic E-state index is 0.633. The number of ether oxygens (including phenoxy) is 2. The standard InChI is InChI=1S/C14H19NO2S/c1-3-16-13-8-7-12(6-5-9-18-11-15)10-14(13)17-4-2/h7-8,10H,3-6,9H2,1-2H3. The Morgan fingerprint density at radius 3 is 2.56 bits per heavy atom. The molecule has 1 aromatic rings. The van der Waals surface area contributed by atoms with Crippen molar-refractivity contribution in [3.05, 3.63) is 23.8 Å². The third-order valence-corrected chi connectivity index (χ3v) is 3.01. The molecule has 4 heteroatoms. The molecule has 0 unspecified atom stereocenters. The fourth-order valence-electron chi connectivity index (χ4n) is 1.65. The lowest BCUT2D eigenvalue weighted by Crippen LogP contribution is -1.99. The summed E-state index contributed by atoms with van der Waals surface area (Å²) in [7, 11) is 0. The molecule has 0 heterocycles. The number of aryl methyl sites for hydroxylation is 1. The molecule has 1 aromatic carbocycles. The predicted molar refractivity (Wildman–Crippen MR) is 75.2 cm³/mol. The van der Waals surface area contributed by atoms with Gasteiger partial charge in [-0.15, -0.1) is 0 Å². The van der Waals surface area contributed by atoms with Gasteiger partial charge < -0.3 is 9.47 Å². The number of nitrogens with zero attached hydrogens (tertiary/aromatic N) is 1. The highest BCUT2D eigenvalue weighted by molar-refractivity contribution is 8.03. The molecule has 0 bridgehead atoms. The SMILES string of the molecule is CCOc1ccc(CCCSC#N)cc1OCC. The molecule has 0 saturated heterocycles. The average Bonchev–Trinajstić information content (AvgIpc) is 2.38. The molecular weight excluding hydrogens is 246 g/mol. The highest BCUT2D eigenvalue weighted by Crippen LogP contribution is 2.29. The Balaban J connectivity index is 2.64. The van der Waals surface area contributed by atoms with Gasteiger partial charge in [0.15, 0.2) is 11.5 Å². The van der Waals surface area contributed by atoms with Crippen LogP contribution in [0.3, 0.4) is 0 Å². The van der Waals surface area contributed by atoms with Crippen LogP contribution in [0, 0.1) is 10.7 Å². The number of hydrogen-bond donors (Lipinski definition) is 0. The van der Waals surface area contributed by atoms with Crippen molar-refractivity contribution in [3.63, 3.8) is 0 Å². The largest absolute Gasteiger partial charge is 0.490 e. The first-order valence-electron chi connectivity index (χ1n) is 6.21. The summed E-state index contributed by atoms with van der Waals surface area (Å²) >= 11 is 1.30. The Morgan fingerprint density at radius 1 is 1.17 bits per heavy atom. The summed E-state index contributed by atoms with van der Waals surface area (Å²) in [6.45, 7) is 5.20. The minimum atomic E-state index is 0.633. The number of hydrogen-bond acceptors (Lipinski definition) is 4. The third kappa shape index (κ3) is 4.89. The Bertz CT molecular complexity index is 401. The van der Waals surface area contributed by atoms with E-state index >= 15 is 0 Å². The van der Waals surface area contributed by atoms with Crippen LogP contribution in [0.25, 0.3) is 0 Å². The zero-order valence-corrected chi connectivity index (χ0v) is 11.8. The van der Waals surface area contributed by atoms with Crippen molar-refractivity contribution in [3.8, 4) is 16.9 Å². The van der Waals surface area contributed by atoms with E-state index in [2.05, 4.69) is 11.5 Å². The molecule has 0 fully saturated rings. The Morgan fingerprint density at radius 2 is 1.89 bits per heavy atom. The summed E-state index contributed by atoms with van der Waals surface area (Å²) in [6, 6.07) is 6.05. The van der Waals surface area contributed by atoms with Crippen molar-refractivity contribution in [1.29, 1.82) is 5.26 Å². The second-order valence-electron chi connectivity index (χ2n) is 3.69. The summed E-state index contributed by atoms with van der Waals surface area (Å²) < 4.78 is 11.1. The normalized spacial score (nSPS) is 9.83. The third-order valence-electron chi connectivity index (χ3n) is 2.38. The van der Waals surface area contributed by atoms with Crippen LogP contribution in [0.4, 0.5) is 0 Å². The second-order valence-corrected chi connectivity index (χ2v) is 4.57. The molecule has 0 amide bonds. The molecule has 0 radical (unpaired) electrons. The monoisotopic (exact) mass is 265 g/mol. The maximum absolute atomic E-state index is 8.45. The number of rotatable bonds is 8. The predicted octanol–water partition coefficient (Wildman–Crippen LogP) is 3.63. The van der Waals surface area contributed by atoms with E-state index < -0.39 is 0 Å². The van der Waals surface area contributed by atoms with Gasteiger partial charge in [0, 0.05) is 5.75 Å². The van der Waals surface area contributed by atoms with Crippen molar-refractivity contribution >= 4 is 11.8 Å². The maximum Gasteiger partial charge on any atom is 0.161 e. The first-order valence-corrected chi connectivity index (χ1v) is 7.19. The van der Waals surface area contributed by atoms with Crippen LogP contribution >= 0.6 is 11.8 Å². The molecular formula is C14H19NO2S. The number of benzene rings is 1. The van der Waals surface area contributed by atoms with Crippen molar-refractivity contribution in [1.82, 2.24) is 0 Å². The molecule has 0 aliphatic heterocycles. The second kappa shape index (κ2) is 8.71. The van der Waals surface area contributed by atoms with Crippen molar-refractivity contribution in [2.24, 2.45) is 0 Å². The summed E-state index contributed by atoms with van der Waals surface area (Å²) in [5, 5.41) is 10.5. The van der Waals surface area contributed by atoms with Gasteiger partial charge in [0.1, 0.15) is 5.40 Å². The Kier molecular flexibility index (Phi) is 7.12. The Labute approximate surface area is 113 Å². The summed E-state index contributed by atoms with van der Waals surface area (Å²) in [6.07, 6.45) is 1.96.